The Morgan fingerprint density at radius 2 is 2.21 bits per heavy atom. The number of fused-ring (bicyclic) bond motifs is 1. The molecule has 1 unspecified atom stereocenters. The van der Waals surface area contributed by atoms with Crippen molar-refractivity contribution in [2.75, 3.05) is 6.61 Å². The number of unbranched alkanes of at least 4 members (excludes halogenated alkanes) is 1. The Labute approximate surface area is 120 Å². The van der Waals surface area contributed by atoms with Crippen LogP contribution in [-0.2, 0) is 11.2 Å². The number of halogens is 1. The van der Waals surface area contributed by atoms with Crippen molar-refractivity contribution in [3.05, 3.63) is 27.7 Å². The summed E-state index contributed by atoms with van der Waals surface area (Å²) in [5, 5.41) is 18.8. The minimum atomic E-state index is -0.791. The smallest absolute Gasteiger partial charge is 0.303 e. The first-order chi connectivity index (χ1) is 9.08. The molecule has 0 fully saturated rings. The molecule has 1 aromatic carbocycles. The number of hydrogen-bond acceptors (Lipinski definition) is 3. The second-order valence-corrected chi connectivity index (χ2v) is 5.65. The van der Waals surface area contributed by atoms with Gasteiger partial charge in [0.1, 0.15) is 5.75 Å². The second-order valence-electron chi connectivity index (χ2n) is 4.74. The third kappa shape index (κ3) is 3.70. The van der Waals surface area contributed by atoms with E-state index in [0.29, 0.717) is 25.9 Å². The monoisotopic (exact) mass is 328 g/mol. The summed E-state index contributed by atoms with van der Waals surface area (Å²) in [6, 6.07) is 3.90. The van der Waals surface area contributed by atoms with Crippen LogP contribution in [0.1, 0.15) is 42.9 Å². The number of aliphatic carboxylic acids is 1. The third-order valence-electron chi connectivity index (χ3n) is 3.25. The van der Waals surface area contributed by atoms with Gasteiger partial charge < -0.3 is 14.9 Å². The van der Waals surface area contributed by atoms with Crippen molar-refractivity contribution in [1.82, 2.24) is 0 Å². The molecular weight excluding hydrogens is 312 g/mol. The number of aliphatic hydroxyl groups excluding tert-OH is 1. The van der Waals surface area contributed by atoms with Crippen molar-refractivity contribution in [2.24, 2.45) is 0 Å². The lowest BCUT2D eigenvalue weighted by Crippen LogP contribution is -2.02. The maximum atomic E-state index is 10.4. The van der Waals surface area contributed by atoms with Crippen molar-refractivity contribution in [3.63, 3.8) is 0 Å². The van der Waals surface area contributed by atoms with Gasteiger partial charge in [-0.05, 0) is 37.0 Å². The molecule has 1 aromatic rings. The average molecular weight is 329 g/mol. The molecule has 0 saturated carbocycles. The summed E-state index contributed by atoms with van der Waals surface area (Å²) in [7, 11) is 0. The van der Waals surface area contributed by atoms with Crippen LogP contribution in [0.3, 0.4) is 0 Å². The largest absolute Gasteiger partial charge is 0.493 e. The van der Waals surface area contributed by atoms with E-state index in [4.69, 9.17) is 9.84 Å². The molecule has 1 aliphatic heterocycles. The molecular formula is C14H17BrO4. The van der Waals surface area contributed by atoms with Crippen LogP contribution in [0.4, 0.5) is 0 Å². The van der Waals surface area contributed by atoms with Gasteiger partial charge in [0, 0.05) is 22.9 Å². The Kier molecular flexibility index (Phi) is 4.82. The minimum Gasteiger partial charge on any atom is -0.493 e. The van der Waals surface area contributed by atoms with Crippen molar-refractivity contribution in [1.29, 1.82) is 0 Å². The van der Waals surface area contributed by atoms with Gasteiger partial charge in [-0.25, -0.2) is 0 Å². The van der Waals surface area contributed by atoms with Crippen molar-refractivity contribution >= 4 is 21.9 Å². The molecule has 0 saturated heterocycles. The topological polar surface area (TPSA) is 66.8 Å². The highest BCUT2D eigenvalue weighted by Gasteiger charge is 2.21. The number of carbonyl (C=O) groups is 1. The van der Waals surface area contributed by atoms with Gasteiger partial charge in [0.25, 0.3) is 0 Å². The molecule has 1 aliphatic rings. The van der Waals surface area contributed by atoms with E-state index in [2.05, 4.69) is 15.9 Å². The number of benzene rings is 1. The van der Waals surface area contributed by atoms with Gasteiger partial charge in [-0.2, -0.15) is 0 Å². The molecule has 2 N–H and O–H groups in total. The zero-order chi connectivity index (χ0) is 13.8. The fourth-order valence-electron chi connectivity index (χ4n) is 2.31. The van der Waals surface area contributed by atoms with Gasteiger partial charge in [0.15, 0.2) is 0 Å². The Morgan fingerprint density at radius 1 is 1.42 bits per heavy atom. The van der Waals surface area contributed by atoms with E-state index < -0.39 is 12.1 Å². The lowest BCUT2D eigenvalue weighted by Gasteiger charge is -2.15. The predicted molar refractivity (Wildman–Crippen MR) is 74.4 cm³/mol. The second kappa shape index (κ2) is 6.39. The van der Waals surface area contributed by atoms with E-state index in [1.54, 1.807) is 0 Å². The zero-order valence-corrected chi connectivity index (χ0v) is 12.1. The van der Waals surface area contributed by atoms with Crippen molar-refractivity contribution < 1.29 is 19.7 Å². The summed E-state index contributed by atoms with van der Waals surface area (Å²) >= 11 is 3.44. The average Bonchev–Trinajstić information content (AvgIpc) is 2.80. The van der Waals surface area contributed by atoms with Crippen LogP contribution >= 0.6 is 15.9 Å². The summed E-state index contributed by atoms with van der Waals surface area (Å²) < 4.78 is 6.52. The van der Waals surface area contributed by atoms with Gasteiger partial charge >= 0.3 is 5.97 Å². The summed E-state index contributed by atoms with van der Waals surface area (Å²) in [4.78, 5) is 10.4. The fraction of sp³-hybridized carbons (Fsp3) is 0.500. The van der Waals surface area contributed by atoms with Crippen molar-refractivity contribution in [3.8, 4) is 5.75 Å². The summed E-state index contributed by atoms with van der Waals surface area (Å²) in [6.45, 7) is 0.657. The molecule has 4 nitrogen and oxygen atoms in total. The van der Waals surface area contributed by atoms with Crippen LogP contribution in [0.15, 0.2) is 16.6 Å². The van der Waals surface area contributed by atoms with Crippen LogP contribution in [0.5, 0.6) is 5.75 Å². The summed E-state index contributed by atoms with van der Waals surface area (Å²) in [6.07, 6.45) is 2.25. The van der Waals surface area contributed by atoms with E-state index in [-0.39, 0.29) is 6.42 Å². The summed E-state index contributed by atoms with van der Waals surface area (Å²) in [5.74, 6) is 0.00936. The zero-order valence-electron chi connectivity index (χ0n) is 10.6. The molecule has 104 valence electrons. The Balaban J connectivity index is 1.99. The van der Waals surface area contributed by atoms with Crippen LogP contribution in [0, 0.1) is 0 Å². The Morgan fingerprint density at radius 3 is 2.95 bits per heavy atom. The van der Waals surface area contributed by atoms with Gasteiger partial charge in [-0.3, -0.25) is 4.79 Å². The first-order valence-electron chi connectivity index (χ1n) is 6.43. The van der Waals surface area contributed by atoms with E-state index in [1.165, 1.54) is 0 Å². The molecule has 0 spiro atoms. The maximum absolute atomic E-state index is 10.4. The minimum absolute atomic E-state index is 0.153. The molecule has 5 heteroatoms. The van der Waals surface area contributed by atoms with Gasteiger partial charge in [0.05, 0.1) is 12.7 Å². The molecule has 0 aliphatic carbocycles. The SMILES string of the molecule is O=C(O)CCCCC(O)c1cc(Br)cc2c1OCC2. The normalized spacial score (nSPS) is 14.8. The Hall–Kier alpha value is -1.07. The van der Waals surface area contributed by atoms with Crippen LogP contribution in [0.25, 0.3) is 0 Å². The van der Waals surface area contributed by atoms with Gasteiger partial charge in [0.2, 0.25) is 0 Å². The highest BCUT2D eigenvalue weighted by molar-refractivity contribution is 9.10. The fourth-order valence-corrected chi connectivity index (χ4v) is 2.84. The maximum Gasteiger partial charge on any atom is 0.303 e. The van der Waals surface area contributed by atoms with Crippen molar-refractivity contribution in [2.45, 2.75) is 38.2 Å². The van der Waals surface area contributed by atoms with Crippen LogP contribution in [-0.4, -0.2) is 22.8 Å². The number of ether oxygens (including phenoxy) is 1. The molecule has 0 aromatic heterocycles. The highest BCUT2D eigenvalue weighted by Crippen LogP contribution is 2.37. The first kappa shape index (κ1) is 14.3. The number of rotatable bonds is 6. The molecule has 1 heterocycles. The molecule has 0 radical (unpaired) electrons. The third-order valence-corrected chi connectivity index (χ3v) is 3.71. The first-order valence-corrected chi connectivity index (χ1v) is 7.22. The molecule has 0 bridgehead atoms. The summed E-state index contributed by atoms with van der Waals surface area (Å²) in [5.41, 5.74) is 1.92. The molecule has 0 amide bonds. The number of carboxylic acid groups (broad SMARTS) is 1. The van der Waals surface area contributed by atoms with E-state index in [9.17, 15) is 9.90 Å². The molecule has 19 heavy (non-hydrogen) atoms. The van der Waals surface area contributed by atoms with Crippen LogP contribution in [0.2, 0.25) is 0 Å². The van der Waals surface area contributed by atoms with Gasteiger partial charge in [-0.1, -0.05) is 15.9 Å². The quantitative estimate of drug-likeness (QED) is 0.787. The number of aliphatic hydroxyl groups is 1. The van der Waals surface area contributed by atoms with E-state index >= 15 is 0 Å². The Bertz CT molecular complexity index is 473. The van der Waals surface area contributed by atoms with E-state index in [1.807, 2.05) is 12.1 Å². The molecule has 2 rings (SSSR count). The standard InChI is InChI=1S/C14H17BrO4/c15-10-7-9-5-6-19-14(9)11(8-10)12(16)3-1-2-4-13(17)18/h7-8,12,16H,1-6H2,(H,17,18). The predicted octanol–water partition coefficient (Wildman–Crippen LogP) is 3.06. The van der Waals surface area contributed by atoms with Crippen LogP contribution < -0.4 is 4.74 Å². The lowest BCUT2D eigenvalue weighted by atomic mass is 9.99. The number of carboxylic acids is 1. The lowest BCUT2D eigenvalue weighted by molar-refractivity contribution is -0.137. The van der Waals surface area contributed by atoms with Gasteiger partial charge in [-0.15, -0.1) is 0 Å². The molecule has 1 atom stereocenters. The van der Waals surface area contributed by atoms with E-state index in [0.717, 1.165) is 27.8 Å². The number of hydrogen-bond donors (Lipinski definition) is 2. The highest BCUT2D eigenvalue weighted by atomic mass is 79.9.